The van der Waals surface area contributed by atoms with Crippen molar-refractivity contribution in [2.24, 2.45) is 0 Å². The minimum Gasteiger partial charge on any atom is -0.424 e. The van der Waals surface area contributed by atoms with Gasteiger partial charge in [-0.05, 0) is 19.1 Å². The first-order chi connectivity index (χ1) is 8.90. The van der Waals surface area contributed by atoms with Crippen LogP contribution >= 0.6 is 19.2 Å². The number of nitro benzene ring substituents is 1. The van der Waals surface area contributed by atoms with Gasteiger partial charge in [-0.25, -0.2) is 4.57 Å². The molecule has 0 aliphatic carbocycles. The molecule has 0 N–H and O–H groups in total. The highest BCUT2D eigenvalue weighted by Gasteiger charge is 2.26. The van der Waals surface area contributed by atoms with E-state index in [-0.39, 0.29) is 23.5 Å². The second kappa shape index (κ2) is 6.89. The smallest absolute Gasteiger partial charge is 0.379 e. The Morgan fingerprint density at radius 3 is 2.42 bits per heavy atom. The molecule has 6 nitrogen and oxygen atoms in total. The quantitative estimate of drug-likeness (QED) is 0.331. The average molecular weight is 308 g/mol. The van der Waals surface area contributed by atoms with Gasteiger partial charge >= 0.3 is 7.60 Å². The molecule has 2 atom stereocenters. The maximum Gasteiger partial charge on any atom is 0.379 e. The SMILES string of the molecule is CCP(=O)(Oc1ccc([N+](=O)[O-])cc1)OC(C)CCl. The van der Waals surface area contributed by atoms with Crippen molar-refractivity contribution < 1.29 is 18.5 Å². The van der Waals surface area contributed by atoms with E-state index in [4.69, 9.17) is 20.6 Å². The van der Waals surface area contributed by atoms with Crippen molar-refractivity contribution in [2.45, 2.75) is 20.0 Å². The minimum atomic E-state index is -3.29. The van der Waals surface area contributed by atoms with Crippen LogP contribution < -0.4 is 4.52 Å². The van der Waals surface area contributed by atoms with Crippen LogP contribution in [0.2, 0.25) is 0 Å². The molecule has 0 spiro atoms. The molecule has 2 unspecified atom stereocenters. The molecule has 0 aromatic heterocycles. The summed E-state index contributed by atoms with van der Waals surface area (Å²) in [6.45, 7) is 3.36. The van der Waals surface area contributed by atoms with Gasteiger partial charge in [-0.2, -0.15) is 0 Å². The Morgan fingerprint density at radius 2 is 2.00 bits per heavy atom. The van der Waals surface area contributed by atoms with Crippen molar-refractivity contribution in [3.8, 4) is 5.75 Å². The van der Waals surface area contributed by atoms with E-state index in [0.29, 0.717) is 0 Å². The summed E-state index contributed by atoms with van der Waals surface area (Å²) in [4.78, 5) is 9.99. The fraction of sp³-hybridized carbons (Fsp3) is 0.455. The molecule has 1 aromatic rings. The number of alkyl halides is 1. The lowest BCUT2D eigenvalue weighted by Gasteiger charge is -2.20. The standard InChI is InChI=1S/C11H15ClNO5P/c1-3-19(16,17-9(2)8-12)18-11-6-4-10(5-7-11)13(14)15/h4-7,9H,3,8H2,1-2H3. The Bertz CT molecular complexity index is 478. The molecule has 0 heterocycles. The van der Waals surface area contributed by atoms with Crippen molar-refractivity contribution in [2.75, 3.05) is 12.0 Å². The summed E-state index contributed by atoms with van der Waals surface area (Å²) in [5.74, 6) is 0.464. The molecular formula is C11H15ClNO5P. The van der Waals surface area contributed by atoms with E-state index in [1.807, 2.05) is 0 Å². The van der Waals surface area contributed by atoms with Gasteiger partial charge in [-0.1, -0.05) is 6.92 Å². The van der Waals surface area contributed by atoms with Crippen LogP contribution in [0.25, 0.3) is 0 Å². The zero-order valence-electron chi connectivity index (χ0n) is 10.6. The van der Waals surface area contributed by atoms with E-state index in [1.165, 1.54) is 24.3 Å². The van der Waals surface area contributed by atoms with Crippen molar-refractivity contribution >= 4 is 24.9 Å². The highest BCUT2D eigenvalue weighted by atomic mass is 35.5. The molecule has 0 bridgehead atoms. The van der Waals surface area contributed by atoms with Crippen molar-refractivity contribution in [3.05, 3.63) is 34.4 Å². The second-order valence-corrected chi connectivity index (χ2v) is 6.40. The molecule has 0 amide bonds. The van der Waals surface area contributed by atoms with E-state index in [9.17, 15) is 14.7 Å². The van der Waals surface area contributed by atoms with Gasteiger partial charge in [-0.3, -0.25) is 14.6 Å². The number of hydrogen-bond acceptors (Lipinski definition) is 5. The zero-order valence-corrected chi connectivity index (χ0v) is 12.3. The number of rotatable bonds is 7. The molecular weight excluding hydrogens is 293 g/mol. The predicted octanol–water partition coefficient (Wildman–Crippen LogP) is 3.83. The molecule has 0 aliphatic heterocycles. The molecule has 1 rings (SSSR count). The molecule has 19 heavy (non-hydrogen) atoms. The number of nitrogens with zero attached hydrogens (tertiary/aromatic N) is 1. The topological polar surface area (TPSA) is 78.7 Å². The maximum absolute atomic E-state index is 12.3. The first kappa shape index (κ1) is 16.0. The van der Waals surface area contributed by atoms with Crippen molar-refractivity contribution in [3.63, 3.8) is 0 Å². The van der Waals surface area contributed by atoms with Gasteiger partial charge < -0.3 is 4.52 Å². The summed E-state index contributed by atoms with van der Waals surface area (Å²) in [5.41, 5.74) is -0.0614. The van der Waals surface area contributed by atoms with Crippen LogP contribution in [0.3, 0.4) is 0 Å². The first-order valence-electron chi connectivity index (χ1n) is 5.67. The van der Waals surface area contributed by atoms with E-state index < -0.39 is 18.6 Å². The fourth-order valence-electron chi connectivity index (χ4n) is 1.25. The van der Waals surface area contributed by atoms with Gasteiger partial charge in [0.25, 0.3) is 5.69 Å². The van der Waals surface area contributed by atoms with Crippen molar-refractivity contribution in [1.82, 2.24) is 0 Å². The van der Waals surface area contributed by atoms with Gasteiger partial charge in [0.1, 0.15) is 5.75 Å². The first-order valence-corrected chi connectivity index (χ1v) is 7.94. The van der Waals surface area contributed by atoms with Crippen LogP contribution in [-0.2, 0) is 9.09 Å². The third-order valence-electron chi connectivity index (χ3n) is 2.24. The van der Waals surface area contributed by atoms with Crippen LogP contribution in [0.4, 0.5) is 5.69 Å². The Kier molecular flexibility index (Phi) is 5.79. The third-order valence-corrected chi connectivity index (χ3v) is 4.62. The number of benzene rings is 1. The fourth-order valence-corrected chi connectivity index (χ4v) is 2.79. The Labute approximate surface area is 116 Å². The van der Waals surface area contributed by atoms with Gasteiger partial charge in [0.05, 0.1) is 17.2 Å². The largest absolute Gasteiger partial charge is 0.424 e. The Hall–Kier alpha value is -1.10. The molecule has 8 heteroatoms. The summed E-state index contributed by atoms with van der Waals surface area (Å²) in [6.07, 6.45) is -0.212. The summed E-state index contributed by atoms with van der Waals surface area (Å²) < 4.78 is 22.9. The molecule has 0 aliphatic rings. The lowest BCUT2D eigenvalue weighted by molar-refractivity contribution is -0.384. The van der Waals surface area contributed by atoms with Crippen LogP contribution in [0.5, 0.6) is 5.75 Å². The summed E-state index contributed by atoms with van der Waals surface area (Å²) in [6, 6.07) is 5.32. The summed E-state index contributed by atoms with van der Waals surface area (Å²) >= 11 is 5.60. The third kappa shape index (κ3) is 4.82. The lowest BCUT2D eigenvalue weighted by atomic mass is 10.3. The molecule has 106 valence electrons. The average Bonchev–Trinajstić information content (AvgIpc) is 2.39. The maximum atomic E-state index is 12.3. The van der Waals surface area contributed by atoms with E-state index in [0.717, 1.165) is 0 Å². The Morgan fingerprint density at radius 1 is 1.42 bits per heavy atom. The molecule has 0 saturated carbocycles. The zero-order chi connectivity index (χ0) is 14.5. The van der Waals surface area contributed by atoms with Gasteiger partial charge in [0.2, 0.25) is 0 Å². The highest BCUT2D eigenvalue weighted by Crippen LogP contribution is 2.49. The predicted molar refractivity (Wildman–Crippen MR) is 73.1 cm³/mol. The summed E-state index contributed by atoms with van der Waals surface area (Å²) in [5, 5.41) is 10.5. The monoisotopic (exact) mass is 307 g/mol. The van der Waals surface area contributed by atoms with Crippen LogP contribution in [0.15, 0.2) is 24.3 Å². The lowest BCUT2D eigenvalue weighted by Crippen LogP contribution is -2.11. The number of nitro groups is 1. The van der Waals surface area contributed by atoms with Crippen molar-refractivity contribution in [1.29, 1.82) is 0 Å². The van der Waals surface area contributed by atoms with Crippen LogP contribution in [0, 0.1) is 10.1 Å². The number of hydrogen-bond donors (Lipinski definition) is 0. The normalized spacial score (nSPS) is 15.5. The second-order valence-electron chi connectivity index (χ2n) is 3.84. The van der Waals surface area contributed by atoms with Crippen LogP contribution in [0.1, 0.15) is 13.8 Å². The Balaban J connectivity index is 2.80. The van der Waals surface area contributed by atoms with Gasteiger partial charge in [0.15, 0.2) is 0 Å². The molecule has 1 aromatic carbocycles. The van der Waals surface area contributed by atoms with E-state index >= 15 is 0 Å². The van der Waals surface area contributed by atoms with E-state index in [2.05, 4.69) is 0 Å². The summed E-state index contributed by atoms with van der Waals surface area (Å²) in [7, 11) is -3.29. The van der Waals surface area contributed by atoms with Gasteiger partial charge in [-0.15, -0.1) is 11.6 Å². The highest BCUT2D eigenvalue weighted by molar-refractivity contribution is 7.54. The van der Waals surface area contributed by atoms with E-state index in [1.54, 1.807) is 13.8 Å². The van der Waals surface area contributed by atoms with Gasteiger partial charge in [0, 0.05) is 18.0 Å². The molecule has 0 fully saturated rings. The number of non-ortho nitro benzene ring substituents is 1. The molecule has 0 saturated heterocycles. The molecule has 0 radical (unpaired) electrons. The van der Waals surface area contributed by atoms with Crippen LogP contribution in [-0.4, -0.2) is 23.1 Å². The number of halogens is 1. The minimum absolute atomic E-state index is 0.0614.